The lowest BCUT2D eigenvalue weighted by Gasteiger charge is -2.21. The highest BCUT2D eigenvalue weighted by atomic mass is 79.9. The zero-order chi connectivity index (χ0) is 13.2. The number of carbonyl (C=O) groups excluding carboxylic acids is 1. The van der Waals surface area contributed by atoms with E-state index in [2.05, 4.69) is 36.7 Å². The molecule has 1 rings (SSSR count). The third-order valence-electron chi connectivity index (χ3n) is 2.52. The number of methoxy groups -OCH3 is 2. The van der Waals surface area contributed by atoms with Crippen LogP contribution in [-0.2, 0) is 10.2 Å². The van der Waals surface area contributed by atoms with Gasteiger partial charge in [-0.3, -0.25) is 0 Å². The molecule has 4 heteroatoms. The zero-order valence-corrected chi connectivity index (χ0v) is 12.3. The van der Waals surface area contributed by atoms with Gasteiger partial charge in [0.15, 0.2) is 0 Å². The molecule has 0 spiro atoms. The summed E-state index contributed by atoms with van der Waals surface area (Å²) in [6, 6.07) is 3.78. The van der Waals surface area contributed by atoms with Crippen molar-refractivity contribution in [3.8, 4) is 5.75 Å². The van der Waals surface area contributed by atoms with Gasteiger partial charge in [-0.05, 0) is 39.0 Å². The molecule has 94 valence electrons. The Balaban J connectivity index is 3.44. The molecule has 0 aromatic heterocycles. The molecule has 0 saturated heterocycles. The number of hydrogen-bond acceptors (Lipinski definition) is 3. The smallest absolute Gasteiger partial charge is 0.341 e. The largest absolute Gasteiger partial charge is 0.495 e. The summed E-state index contributed by atoms with van der Waals surface area (Å²) in [5, 5.41) is 0. The van der Waals surface area contributed by atoms with E-state index in [4.69, 9.17) is 9.47 Å². The van der Waals surface area contributed by atoms with Crippen molar-refractivity contribution in [3.05, 3.63) is 27.7 Å². The highest BCUT2D eigenvalue weighted by molar-refractivity contribution is 9.10. The predicted molar refractivity (Wildman–Crippen MR) is 70.7 cm³/mol. The fraction of sp³-hybridized carbons (Fsp3) is 0.462. The van der Waals surface area contributed by atoms with E-state index in [1.54, 1.807) is 0 Å². The summed E-state index contributed by atoms with van der Waals surface area (Å²) in [6.45, 7) is 6.26. The maximum Gasteiger partial charge on any atom is 0.341 e. The Labute approximate surface area is 110 Å². The summed E-state index contributed by atoms with van der Waals surface area (Å²) in [6.07, 6.45) is 0. The molecule has 1 aromatic carbocycles. The third kappa shape index (κ3) is 3.00. The maximum atomic E-state index is 11.7. The van der Waals surface area contributed by atoms with Gasteiger partial charge < -0.3 is 9.47 Å². The van der Waals surface area contributed by atoms with Crippen LogP contribution in [0.5, 0.6) is 5.75 Å². The van der Waals surface area contributed by atoms with Gasteiger partial charge in [0.2, 0.25) is 0 Å². The Morgan fingerprint density at radius 1 is 1.24 bits per heavy atom. The number of esters is 1. The molecular formula is C13H17BrO3. The van der Waals surface area contributed by atoms with Crippen LogP contribution in [0.2, 0.25) is 0 Å². The normalized spacial score (nSPS) is 11.2. The molecule has 0 unspecified atom stereocenters. The van der Waals surface area contributed by atoms with Gasteiger partial charge in [0.25, 0.3) is 0 Å². The molecule has 3 nitrogen and oxygen atoms in total. The molecule has 0 amide bonds. The zero-order valence-electron chi connectivity index (χ0n) is 10.8. The molecule has 0 aliphatic heterocycles. The Morgan fingerprint density at radius 3 is 2.24 bits per heavy atom. The number of hydrogen-bond donors (Lipinski definition) is 0. The van der Waals surface area contributed by atoms with Crippen LogP contribution < -0.4 is 4.74 Å². The molecule has 0 aliphatic rings. The molecule has 1 aromatic rings. The Morgan fingerprint density at radius 2 is 1.82 bits per heavy atom. The SMILES string of the molecule is COC(=O)c1cc(C(C)(C)C)cc(Br)c1OC. The minimum atomic E-state index is -0.395. The van der Waals surface area contributed by atoms with Gasteiger partial charge in [0.1, 0.15) is 11.3 Å². The van der Waals surface area contributed by atoms with Crippen LogP contribution in [0.25, 0.3) is 0 Å². The molecule has 0 aliphatic carbocycles. The van der Waals surface area contributed by atoms with Crippen molar-refractivity contribution in [2.75, 3.05) is 14.2 Å². The summed E-state index contributed by atoms with van der Waals surface area (Å²) >= 11 is 3.42. The topological polar surface area (TPSA) is 35.5 Å². The second kappa shape index (κ2) is 5.08. The summed E-state index contributed by atoms with van der Waals surface area (Å²) in [5.74, 6) is 0.110. The molecule has 17 heavy (non-hydrogen) atoms. The highest BCUT2D eigenvalue weighted by Crippen LogP contribution is 2.35. The first-order chi connectivity index (χ1) is 7.81. The Kier molecular flexibility index (Phi) is 4.20. The second-order valence-electron chi connectivity index (χ2n) is 4.78. The van der Waals surface area contributed by atoms with Gasteiger partial charge in [-0.1, -0.05) is 20.8 Å². The van der Waals surface area contributed by atoms with Crippen molar-refractivity contribution >= 4 is 21.9 Å². The average molecular weight is 301 g/mol. The van der Waals surface area contributed by atoms with E-state index in [-0.39, 0.29) is 5.41 Å². The van der Waals surface area contributed by atoms with Crippen molar-refractivity contribution in [2.45, 2.75) is 26.2 Å². The molecule has 0 heterocycles. The van der Waals surface area contributed by atoms with Crippen LogP contribution in [0.4, 0.5) is 0 Å². The molecule has 0 radical (unpaired) electrons. The average Bonchev–Trinajstić information content (AvgIpc) is 2.25. The number of carbonyl (C=O) groups is 1. The summed E-state index contributed by atoms with van der Waals surface area (Å²) < 4.78 is 10.7. The first-order valence-electron chi connectivity index (χ1n) is 5.27. The molecule has 0 atom stereocenters. The van der Waals surface area contributed by atoms with Crippen LogP contribution in [-0.4, -0.2) is 20.2 Å². The lowest BCUT2D eigenvalue weighted by atomic mass is 9.86. The fourth-order valence-corrected chi connectivity index (χ4v) is 2.12. The molecule has 0 fully saturated rings. The lowest BCUT2D eigenvalue weighted by Crippen LogP contribution is -2.14. The highest BCUT2D eigenvalue weighted by Gasteiger charge is 2.22. The summed E-state index contributed by atoms with van der Waals surface area (Å²) in [7, 11) is 2.89. The minimum absolute atomic E-state index is 0.0441. The molecular weight excluding hydrogens is 284 g/mol. The van der Waals surface area contributed by atoms with E-state index in [1.807, 2.05) is 12.1 Å². The number of halogens is 1. The molecule has 0 bridgehead atoms. The van der Waals surface area contributed by atoms with Gasteiger partial charge >= 0.3 is 5.97 Å². The number of rotatable bonds is 2. The predicted octanol–water partition coefficient (Wildman–Crippen LogP) is 3.54. The van der Waals surface area contributed by atoms with Crippen LogP contribution in [0, 0.1) is 0 Å². The fourth-order valence-electron chi connectivity index (χ4n) is 1.50. The van der Waals surface area contributed by atoms with Crippen molar-refractivity contribution in [2.24, 2.45) is 0 Å². The number of benzene rings is 1. The second-order valence-corrected chi connectivity index (χ2v) is 5.63. The van der Waals surface area contributed by atoms with E-state index >= 15 is 0 Å². The minimum Gasteiger partial charge on any atom is -0.495 e. The van der Waals surface area contributed by atoms with Gasteiger partial charge in [0.05, 0.1) is 18.7 Å². The lowest BCUT2D eigenvalue weighted by molar-refractivity contribution is 0.0596. The first kappa shape index (κ1) is 14.0. The van der Waals surface area contributed by atoms with Gasteiger partial charge in [-0.15, -0.1) is 0 Å². The van der Waals surface area contributed by atoms with Crippen molar-refractivity contribution < 1.29 is 14.3 Å². The van der Waals surface area contributed by atoms with E-state index in [1.165, 1.54) is 14.2 Å². The standard InChI is InChI=1S/C13H17BrO3/c1-13(2,3)8-6-9(12(15)17-5)11(16-4)10(14)7-8/h6-7H,1-5H3. The summed E-state index contributed by atoms with van der Waals surface area (Å²) in [4.78, 5) is 11.7. The van der Waals surface area contributed by atoms with Crippen molar-refractivity contribution in [3.63, 3.8) is 0 Å². The first-order valence-corrected chi connectivity index (χ1v) is 6.07. The van der Waals surface area contributed by atoms with Crippen molar-refractivity contribution in [1.82, 2.24) is 0 Å². The molecule has 0 saturated carbocycles. The van der Waals surface area contributed by atoms with E-state index in [0.717, 1.165) is 10.0 Å². The van der Waals surface area contributed by atoms with E-state index in [9.17, 15) is 4.79 Å². The van der Waals surface area contributed by atoms with Crippen molar-refractivity contribution in [1.29, 1.82) is 0 Å². The number of ether oxygens (including phenoxy) is 2. The quantitative estimate of drug-likeness (QED) is 0.784. The maximum absolute atomic E-state index is 11.7. The van der Waals surface area contributed by atoms with E-state index in [0.29, 0.717) is 11.3 Å². The van der Waals surface area contributed by atoms with Gasteiger partial charge in [0, 0.05) is 0 Å². The Hall–Kier alpha value is -1.03. The van der Waals surface area contributed by atoms with Crippen LogP contribution in [0.3, 0.4) is 0 Å². The third-order valence-corrected chi connectivity index (χ3v) is 3.11. The van der Waals surface area contributed by atoms with Gasteiger partial charge in [-0.2, -0.15) is 0 Å². The summed E-state index contributed by atoms with van der Waals surface area (Å²) in [5.41, 5.74) is 1.44. The monoisotopic (exact) mass is 300 g/mol. The van der Waals surface area contributed by atoms with Crippen LogP contribution in [0.1, 0.15) is 36.7 Å². The van der Waals surface area contributed by atoms with E-state index < -0.39 is 5.97 Å². The molecule has 0 N–H and O–H groups in total. The van der Waals surface area contributed by atoms with Crippen LogP contribution in [0.15, 0.2) is 16.6 Å². The Bertz CT molecular complexity index is 433. The van der Waals surface area contributed by atoms with Crippen LogP contribution >= 0.6 is 15.9 Å². The van der Waals surface area contributed by atoms with Gasteiger partial charge in [-0.25, -0.2) is 4.79 Å².